The molecule has 1 fully saturated rings. The van der Waals surface area contributed by atoms with Crippen LogP contribution in [0.2, 0.25) is 0 Å². The summed E-state index contributed by atoms with van der Waals surface area (Å²) in [4.78, 5) is 26.6. The van der Waals surface area contributed by atoms with E-state index in [0.717, 1.165) is 43.7 Å². The summed E-state index contributed by atoms with van der Waals surface area (Å²) < 4.78 is 0. The number of nitrogens with one attached hydrogen (secondary N) is 1. The average Bonchev–Trinajstić information content (AvgIpc) is 3.12. The summed E-state index contributed by atoms with van der Waals surface area (Å²) in [5, 5.41) is 8.65. The van der Waals surface area contributed by atoms with Crippen LogP contribution in [0.3, 0.4) is 0 Å². The highest BCUT2D eigenvalue weighted by atomic mass is 32.1. The first-order valence-corrected chi connectivity index (χ1v) is 8.86. The van der Waals surface area contributed by atoms with Gasteiger partial charge in [-0.15, -0.1) is 11.3 Å². The molecule has 1 aromatic heterocycles. The zero-order valence-electron chi connectivity index (χ0n) is 13.3. The predicted molar refractivity (Wildman–Crippen MR) is 92.3 cm³/mol. The quantitative estimate of drug-likeness (QED) is 0.662. The number of nitrogens with zero attached hydrogens (tertiary/aromatic N) is 1. The Bertz CT molecular complexity index is 706. The van der Waals surface area contributed by atoms with Crippen LogP contribution in [0.15, 0.2) is 42.5 Å². The van der Waals surface area contributed by atoms with Gasteiger partial charge < -0.3 is 4.90 Å². The smallest absolute Gasteiger partial charge is 0.284 e. The summed E-state index contributed by atoms with van der Waals surface area (Å²) in [6.45, 7) is 1.49. The minimum absolute atomic E-state index is 0.0323. The summed E-state index contributed by atoms with van der Waals surface area (Å²) in [7, 11) is 0. The zero-order chi connectivity index (χ0) is 16.9. The van der Waals surface area contributed by atoms with Crippen molar-refractivity contribution >= 4 is 23.2 Å². The van der Waals surface area contributed by atoms with Crippen LogP contribution in [-0.2, 0) is 6.42 Å². The van der Waals surface area contributed by atoms with Crippen molar-refractivity contribution in [3.8, 4) is 0 Å². The number of rotatable bonds is 4. The van der Waals surface area contributed by atoms with E-state index in [-0.39, 0.29) is 5.91 Å². The van der Waals surface area contributed by atoms with Crippen LogP contribution in [0.4, 0.5) is 0 Å². The van der Waals surface area contributed by atoms with E-state index in [2.05, 4.69) is 24.3 Å². The first-order valence-electron chi connectivity index (χ1n) is 8.05. The van der Waals surface area contributed by atoms with E-state index < -0.39 is 5.91 Å². The van der Waals surface area contributed by atoms with Gasteiger partial charge in [0.2, 0.25) is 0 Å². The molecule has 1 saturated heterocycles. The maximum absolute atomic E-state index is 12.5. The number of carbonyl (C=O) groups is 2. The molecule has 0 atom stereocenters. The Morgan fingerprint density at radius 1 is 1.08 bits per heavy atom. The van der Waals surface area contributed by atoms with Crippen molar-refractivity contribution in [2.75, 3.05) is 13.1 Å². The van der Waals surface area contributed by atoms with Crippen molar-refractivity contribution in [1.29, 1.82) is 0 Å². The largest absolute Gasteiger partial charge is 0.338 e. The van der Waals surface area contributed by atoms with E-state index >= 15 is 0 Å². The van der Waals surface area contributed by atoms with Crippen LogP contribution in [0.1, 0.15) is 37.7 Å². The summed E-state index contributed by atoms with van der Waals surface area (Å²) in [5.41, 5.74) is 2.94. The highest BCUT2D eigenvalue weighted by Crippen LogP contribution is 2.25. The van der Waals surface area contributed by atoms with E-state index in [9.17, 15) is 9.59 Å². The number of hydrogen-bond donors (Lipinski definition) is 2. The highest BCUT2D eigenvalue weighted by molar-refractivity contribution is 7.15. The standard InChI is InChI=1S/C18H20N2O3S/c21-17(19-23)15-6-7-16(24-15)18(22)20-10-8-14(9-11-20)12-13-4-2-1-3-5-13/h1-7,14,23H,8-12H2,(H,19,21). The van der Waals surface area contributed by atoms with Gasteiger partial charge in [0.1, 0.15) is 0 Å². The fourth-order valence-corrected chi connectivity index (χ4v) is 3.94. The third-order valence-corrected chi connectivity index (χ3v) is 5.48. The molecule has 0 bridgehead atoms. The van der Waals surface area contributed by atoms with Crippen molar-refractivity contribution in [2.45, 2.75) is 19.3 Å². The zero-order valence-corrected chi connectivity index (χ0v) is 14.1. The number of hydroxylamine groups is 1. The van der Waals surface area contributed by atoms with Crippen molar-refractivity contribution in [1.82, 2.24) is 10.4 Å². The molecule has 2 heterocycles. The van der Waals surface area contributed by atoms with E-state index in [4.69, 9.17) is 5.21 Å². The van der Waals surface area contributed by atoms with Crippen LogP contribution in [0, 0.1) is 5.92 Å². The molecule has 0 saturated carbocycles. The fraction of sp³-hybridized carbons (Fsp3) is 0.333. The van der Waals surface area contributed by atoms with Crippen LogP contribution < -0.4 is 5.48 Å². The van der Waals surface area contributed by atoms with Crippen LogP contribution >= 0.6 is 11.3 Å². The number of piperidine rings is 1. The molecular formula is C18H20N2O3S. The van der Waals surface area contributed by atoms with Gasteiger partial charge in [-0.3, -0.25) is 14.8 Å². The summed E-state index contributed by atoms with van der Waals surface area (Å²) >= 11 is 1.11. The Labute approximate surface area is 144 Å². The second-order valence-corrected chi connectivity index (χ2v) is 7.11. The van der Waals surface area contributed by atoms with Crippen LogP contribution in [0.5, 0.6) is 0 Å². The molecule has 0 radical (unpaired) electrons. The summed E-state index contributed by atoms with van der Waals surface area (Å²) in [5.74, 6) is -0.00807. The van der Waals surface area contributed by atoms with E-state index in [0.29, 0.717) is 15.7 Å². The molecule has 5 nitrogen and oxygen atoms in total. The van der Waals surface area contributed by atoms with Crippen molar-refractivity contribution in [3.63, 3.8) is 0 Å². The first-order chi connectivity index (χ1) is 11.7. The number of likely N-dealkylation sites (tertiary alicyclic amines) is 1. The summed E-state index contributed by atoms with van der Waals surface area (Å²) in [6.07, 6.45) is 3.05. The van der Waals surface area contributed by atoms with Crippen molar-refractivity contribution < 1.29 is 14.8 Å². The second-order valence-electron chi connectivity index (χ2n) is 6.03. The van der Waals surface area contributed by atoms with Gasteiger partial charge in [0.25, 0.3) is 11.8 Å². The SMILES string of the molecule is O=C(NO)c1ccc(C(=O)N2CCC(Cc3ccccc3)CC2)s1. The molecule has 1 aliphatic heterocycles. The van der Waals surface area contributed by atoms with E-state index in [1.165, 1.54) is 5.56 Å². The molecule has 2 aromatic rings. The van der Waals surface area contributed by atoms with Crippen LogP contribution in [0.25, 0.3) is 0 Å². The molecule has 1 aromatic carbocycles. The number of benzene rings is 1. The molecule has 0 aliphatic carbocycles. The fourth-order valence-electron chi connectivity index (χ4n) is 3.07. The van der Waals surface area contributed by atoms with E-state index in [1.807, 2.05) is 11.0 Å². The lowest BCUT2D eigenvalue weighted by Crippen LogP contribution is -2.38. The predicted octanol–water partition coefficient (Wildman–Crippen LogP) is 2.96. The molecule has 0 unspecified atom stereocenters. The number of hydrogen-bond acceptors (Lipinski definition) is 4. The average molecular weight is 344 g/mol. The first kappa shape index (κ1) is 16.7. The van der Waals surface area contributed by atoms with Crippen molar-refractivity contribution in [2.24, 2.45) is 5.92 Å². The van der Waals surface area contributed by atoms with Gasteiger partial charge in [0, 0.05) is 13.1 Å². The Morgan fingerprint density at radius 3 is 2.42 bits per heavy atom. The lowest BCUT2D eigenvalue weighted by atomic mass is 9.90. The number of carbonyl (C=O) groups excluding carboxylic acids is 2. The lowest BCUT2D eigenvalue weighted by molar-refractivity contribution is 0.0694. The topological polar surface area (TPSA) is 69.6 Å². The van der Waals surface area contributed by atoms with Crippen molar-refractivity contribution in [3.05, 3.63) is 57.8 Å². The van der Waals surface area contributed by atoms with Gasteiger partial charge in [-0.2, -0.15) is 0 Å². The molecular weight excluding hydrogens is 324 g/mol. The van der Waals surface area contributed by atoms with Gasteiger partial charge in [-0.25, -0.2) is 5.48 Å². The normalized spacial score (nSPS) is 15.3. The Balaban J connectivity index is 1.55. The molecule has 24 heavy (non-hydrogen) atoms. The van der Waals surface area contributed by atoms with Crippen LogP contribution in [-0.4, -0.2) is 35.0 Å². The van der Waals surface area contributed by atoms with Gasteiger partial charge in [0.05, 0.1) is 9.75 Å². The summed E-state index contributed by atoms with van der Waals surface area (Å²) in [6, 6.07) is 13.7. The second kappa shape index (κ2) is 7.59. The third kappa shape index (κ3) is 3.83. The minimum atomic E-state index is -0.583. The molecule has 126 valence electrons. The number of thiophene rings is 1. The van der Waals surface area contributed by atoms with E-state index in [1.54, 1.807) is 17.6 Å². The maximum Gasteiger partial charge on any atom is 0.284 e. The number of amides is 2. The highest BCUT2D eigenvalue weighted by Gasteiger charge is 2.25. The Hall–Kier alpha value is -2.18. The molecule has 6 heteroatoms. The monoisotopic (exact) mass is 344 g/mol. The van der Waals surface area contributed by atoms with Gasteiger partial charge in [-0.05, 0) is 42.9 Å². The minimum Gasteiger partial charge on any atom is -0.338 e. The van der Waals surface area contributed by atoms with Gasteiger partial charge in [0.15, 0.2) is 0 Å². The molecule has 2 amide bonds. The third-order valence-electron chi connectivity index (χ3n) is 4.41. The molecule has 1 aliphatic rings. The maximum atomic E-state index is 12.5. The molecule has 3 rings (SSSR count). The van der Waals surface area contributed by atoms with Gasteiger partial charge in [-0.1, -0.05) is 30.3 Å². The Kier molecular flexibility index (Phi) is 5.27. The molecule has 0 spiro atoms. The lowest BCUT2D eigenvalue weighted by Gasteiger charge is -2.31. The Morgan fingerprint density at radius 2 is 1.75 bits per heavy atom. The van der Waals surface area contributed by atoms with Gasteiger partial charge >= 0.3 is 0 Å². The molecule has 2 N–H and O–H groups in total.